The number of esters is 2. The van der Waals surface area contributed by atoms with Crippen molar-refractivity contribution < 1.29 is 42.7 Å². The van der Waals surface area contributed by atoms with Crippen molar-refractivity contribution in [1.29, 1.82) is 0 Å². The summed E-state index contributed by atoms with van der Waals surface area (Å²) in [7, 11) is -4.78. The van der Waals surface area contributed by atoms with Gasteiger partial charge in [-0.2, -0.15) is 0 Å². The number of ether oxygens (including phenoxy) is 3. The van der Waals surface area contributed by atoms with Gasteiger partial charge in [-0.25, -0.2) is 4.57 Å². The van der Waals surface area contributed by atoms with Crippen molar-refractivity contribution in [3.63, 3.8) is 0 Å². The van der Waals surface area contributed by atoms with Crippen LogP contribution in [-0.2, 0) is 32.9 Å². The number of hydrogen-bond donors (Lipinski definition) is 2. The molecule has 1 heterocycles. The van der Waals surface area contributed by atoms with E-state index < -0.39 is 32.5 Å². The molecule has 0 aromatic heterocycles. The topological polar surface area (TPSA) is 132 Å². The predicted molar refractivity (Wildman–Crippen MR) is 206 cm³/mol. The van der Waals surface area contributed by atoms with Gasteiger partial charge >= 0.3 is 19.8 Å². The maximum Gasteiger partial charge on any atom is 0.469 e. The van der Waals surface area contributed by atoms with E-state index in [2.05, 4.69) is 79.1 Å². The minimum absolute atomic E-state index is 0.134. The van der Waals surface area contributed by atoms with E-state index in [1.54, 1.807) is 0 Å². The lowest BCUT2D eigenvalue weighted by molar-refractivity contribution is -0.161. The largest absolute Gasteiger partial charge is 0.469 e. The molecule has 0 saturated carbocycles. The van der Waals surface area contributed by atoms with Crippen LogP contribution in [0.4, 0.5) is 0 Å². The van der Waals surface area contributed by atoms with Crippen LogP contribution in [0.15, 0.2) is 72.9 Å². The molecular formula is C41H67O9P. The molecule has 0 aromatic rings. The van der Waals surface area contributed by atoms with Crippen molar-refractivity contribution >= 4 is 19.8 Å². The first kappa shape index (κ1) is 46.5. The summed E-state index contributed by atoms with van der Waals surface area (Å²) in [5.74, 6) is -1.00. The number of epoxide rings is 1. The van der Waals surface area contributed by atoms with Gasteiger partial charge in [0.25, 0.3) is 0 Å². The summed E-state index contributed by atoms with van der Waals surface area (Å²) in [5.41, 5.74) is 0. The molecule has 2 unspecified atom stereocenters. The van der Waals surface area contributed by atoms with E-state index in [1.807, 2.05) is 12.2 Å². The molecule has 0 amide bonds. The Morgan fingerprint density at radius 3 is 1.76 bits per heavy atom. The van der Waals surface area contributed by atoms with Gasteiger partial charge in [-0.15, -0.1) is 0 Å². The Hall–Kier alpha value is -2.55. The lowest BCUT2D eigenvalue weighted by atomic mass is 10.1. The summed E-state index contributed by atoms with van der Waals surface area (Å²) in [5, 5.41) is 0. The van der Waals surface area contributed by atoms with Crippen molar-refractivity contribution in [2.24, 2.45) is 0 Å². The Labute approximate surface area is 308 Å². The van der Waals surface area contributed by atoms with Gasteiger partial charge in [0, 0.05) is 12.8 Å². The van der Waals surface area contributed by atoms with Crippen molar-refractivity contribution in [3.05, 3.63) is 72.9 Å². The molecule has 1 rings (SSSR count). The van der Waals surface area contributed by atoms with E-state index in [0.29, 0.717) is 25.0 Å². The van der Waals surface area contributed by atoms with E-state index in [9.17, 15) is 14.2 Å². The molecular weight excluding hydrogens is 667 g/mol. The summed E-state index contributed by atoms with van der Waals surface area (Å²) >= 11 is 0. The van der Waals surface area contributed by atoms with E-state index in [4.69, 9.17) is 24.0 Å². The second kappa shape index (κ2) is 32.1. The summed E-state index contributed by atoms with van der Waals surface area (Å²) in [6.45, 7) is 3.45. The summed E-state index contributed by atoms with van der Waals surface area (Å²) in [6.07, 6.45) is 43.9. The average molecular weight is 735 g/mol. The number of hydrogen-bond acceptors (Lipinski definition) is 7. The zero-order valence-corrected chi connectivity index (χ0v) is 32.3. The first-order valence-corrected chi connectivity index (χ1v) is 20.9. The quantitative estimate of drug-likeness (QED) is 0.0222. The van der Waals surface area contributed by atoms with Gasteiger partial charge in [0.2, 0.25) is 0 Å². The Kier molecular flexibility index (Phi) is 29.3. The normalized spacial score (nSPS) is 17.3. The number of phosphoric ester groups is 1. The van der Waals surface area contributed by atoms with E-state index in [0.717, 1.165) is 77.0 Å². The van der Waals surface area contributed by atoms with Gasteiger partial charge < -0.3 is 24.0 Å². The van der Waals surface area contributed by atoms with Crippen molar-refractivity contribution in [1.82, 2.24) is 0 Å². The average Bonchev–Trinajstić information content (AvgIpc) is 3.85. The fourth-order valence-corrected chi connectivity index (χ4v) is 5.50. The molecule has 1 aliphatic heterocycles. The Morgan fingerprint density at radius 2 is 1.16 bits per heavy atom. The molecule has 9 nitrogen and oxygen atoms in total. The number of allylic oxidation sites excluding steroid dienone is 10. The van der Waals surface area contributed by atoms with Crippen LogP contribution in [0.2, 0.25) is 0 Å². The molecule has 2 N–H and O–H groups in total. The van der Waals surface area contributed by atoms with Crippen LogP contribution in [0, 0.1) is 0 Å². The fraction of sp³-hybridized carbons (Fsp3) is 0.659. The van der Waals surface area contributed by atoms with Crippen molar-refractivity contribution in [2.75, 3.05) is 13.2 Å². The highest BCUT2D eigenvalue weighted by Gasteiger charge is 2.35. The maximum absolute atomic E-state index is 12.3. The molecule has 3 atom stereocenters. The third-order valence-electron chi connectivity index (χ3n) is 8.12. The fourth-order valence-electron chi connectivity index (χ4n) is 5.14. The van der Waals surface area contributed by atoms with Crippen LogP contribution < -0.4 is 0 Å². The number of unbranched alkanes of at least 4 members (excludes halogenated alkanes) is 9. The lowest BCUT2D eigenvalue weighted by Crippen LogP contribution is -2.29. The molecule has 1 fully saturated rings. The van der Waals surface area contributed by atoms with Gasteiger partial charge in [-0.1, -0.05) is 125 Å². The van der Waals surface area contributed by atoms with Crippen LogP contribution in [0.5, 0.6) is 0 Å². The number of carbonyl (C=O) groups is 2. The Bertz CT molecular complexity index is 1120. The minimum atomic E-state index is -4.78. The molecule has 1 aliphatic rings. The minimum Gasteiger partial charge on any atom is -0.462 e. The second-order valence-corrected chi connectivity index (χ2v) is 14.1. The molecule has 10 heteroatoms. The molecule has 0 bridgehead atoms. The summed E-state index contributed by atoms with van der Waals surface area (Å²) in [4.78, 5) is 42.7. The van der Waals surface area contributed by atoms with Crippen molar-refractivity contribution in [3.8, 4) is 0 Å². The van der Waals surface area contributed by atoms with Gasteiger partial charge in [0.05, 0.1) is 18.8 Å². The predicted octanol–water partition coefficient (Wildman–Crippen LogP) is 10.5. The van der Waals surface area contributed by atoms with Crippen LogP contribution in [0.1, 0.15) is 142 Å². The van der Waals surface area contributed by atoms with Crippen LogP contribution in [0.25, 0.3) is 0 Å². The maximum atomic E-state index is 12.3. The Morgan fingerprint density at radius 1 is 0.627 bits per heavy atom. The van der Waals surface area contributed by atoms with Gasteiger partial charge in [0.15, 0.2) is 6.10 Å². The molecule has 1 saturated heterocycles. The SMILES string of the molecule is CC/C=C\CC1OC1C/C=C\C/C=C\C/C=C\C/C=C\CCC(=O)OC[C@H](COP(=O)(O)O)OC(=O)CCCCCCC/C=C\CCCCCC. The number of phosphoric acid groups is 1. The lowest BCUT2D eigenvalue weighted by Gasteiger charge is -2.18. The highest BCUT2D eigenvalue weighted by atomic mass is 31.2. The summed E-state index contributed by atoms with van der Waals surface area (Å²) in [6, 6.07) is 0. The Balaban J connectivity index is 2.15. The van der Waals surface area contributed by atoms with Gasteiger partial charge in [-0.3, -0.25) is 14.1 Å². The molecule has 0 radical (unpaired) electrons. The molecule has 0 aromatic carbocycles. The third kappa shape index (κ3) is 31.9. The second-order valence-electron chi connectivity index (χ2n) is 12.9. The first-order chi connectivity index (χ1) is 24.7. The van der Waals surface area contributed by atoms with Crippen molar-refractivity contribution in [2.45, 2.75) is 161 Å². The van der Waals surface area contributed by atoms with E-state index in [-0.39, 0.29) is 19.4 Å². The standard InChI is InChI=1S/C41H67O9P/c1-3-5-7-8-9-10-11-12-17-20-23-26-30-34-41(43)49-37(36-48-51(44,45)46)35-47-40(42)33-29-25-22-19-16-14-13-15-18-21-24-28-32-39-38(50-39)31-27-6-4-2/h6,10-11,14-16,18,22,24-25,27-28,37-39H,3-5,7-9,12-13,17,19-21,23,26,29-36H2,1-2H3,(H2,44,45,46)/b11-10-,16-14-,18-15-,25-22-,27-6-,28-24-/t37-,38?,39?/m1/s1. The molecule has 0 spiro atoms. The van der Waals surface area contributed by atoms with Gasteiger partial charge in [-0.05, 0) is 77.0 Å². The van der Waals surface area contributed by atoms with E-state index in [1.165, 1.54) is 25.7 Å². The molecule has 290 valence electrons. The van der Waals surface area contributed by atoms with Crippen LogP contribution in [-0.4, -0.2) is 53.3 Å². The highest BCUT2D eigenvalue weighted by molar-refractivity contribution is 7.46. The number of rotatable bonds is 33. The monoisotopic (exact) mass is 734 g/mol. The molecule has 51 heavy (non-hydrogen) atoms. The molecule has 0 aliphatic carbocycles. The zero-order valence-electron chi connectivity index (χ0n) is 31.4. The van der Waals surface area contributed by atoms with Crippen LogP contribution in [0.3, 0.4) is 0 Å². The highest BCUT2D eigenvalue weighted by Crippen LogP contribution is 2.36. The number of carbonyl (C=O) groups excluding carboxylic acids is 2. The smallest absolute Gasteiger partial charge is 0.462 e. The van der Waals surface area contributed by atoms with Gasteiger partial charge in [0.1, 0.15) is 6.61 Å². The third-order valence-corrected chi connectivity index (χ3v) is 8.61. The van der Waals surface area contributed by atoms with E-state index >= 15 is 0 Å². The summed E-state index contributed by atoms with van der Waals surface area (Å²) < 4.78 is 31.9. The van der Waals surface area contributed by atoms with Crippen LogP contribution >= 0.6 is 7.82 Å². The first-order valence-electron chi connectivity index (χ1n) is 19.4. The zero-order chi connectivity index (χ0) is 37.3.